The van der Waals surface area contributed by atoms with Gasteiger partial charge in [0.1, 0.15) is 11.5 Å². The zero-order valence-electron chi connectivity index (χ0n) is 18.4. The van der Waals surface area contributed by atoms with Gasteiger partial charge in [0.05, 0.1) is 21.3 Å². The molecular weight excluding hydrogens is 432 g/mol. The molecule has 0 unspecified atom stereocenters. The van der Waals surface area contributed by atoms with Crippen LogP contribution in [-0.2, 0) is 4.79 Å². The summed E-state index contributed by atoms with van der Waals surface area (Å²) < 4.78 is 25.9. The first-order chi connectivity index (χ1) is 16.0. The first kappa shape index (κ1) is 23.4. The smallest absolute Gasteiger partial charge is 0.316 e. The number of methoxy groups -OCH3 is 3. The molecule has 0 saturated carbocycles. The highest BCUT2D eigenvalue weighted by atomic mass is 16.5. The lowest BCUT2D eigenvalue weighted by Gasteiger charge is -2.08. The second-order valence-electron chi connectivity index (χ2n) is 6.56. The van der Waals surface area contributed by atoms with Crippen LogP contribution in [0.3, 0.4) is 0 Å². The van der Waals surface area contributed by atoms with Gasteiger partial charge in [-0.25, -0.2) is 0 Å². The number of carbonyl (C=O) groups is 2. The van der Waals surface area contributed by atoms with Crippen molar-refractivity contribution in [2.24, 2.45) is 0 Å². The number of ether oxygens (including phenoxy) is 4. The molecule has 33 heavy (non-hydrogen) atoms. The molecule has 3 aromatic rings. The monoisotopic (exact) mass is 456 g/mol. The van der Waals surface area contributed by atoms with E-state index in [1.807, 2.05) is 0 Å². The summed E-state index contributed by atoms with van der Waals surface area (Å²) in [4.78, 5) is 28.2. The van der Waals surface area contributed by atoms with Crippen molar-refractivity contribution in [2.75, 3.05) is 41.0 Å². The van der Waals surface area contributed by atoms with E-state index >= 15 is 0 Å². The Morgan fingerprint density at radius 3 is 2.27 bits per heavy atom. The van der Waals surface area contributed by atoms with Crippen molar-refractivity contribution in [2.45, 2.75) is 0 Å². The van der Waals surface area contributed by atoms with Crippen LogP contribution in [0, 0.1) is 0 Å². The number of carbonyl (C=O) groups excluding carboxylic acids is 2. The van der Waals surface area contributed by atoms with Gasteiger partial charge in [-0.05, 0) is 42.5 Å². The highest BCUT2D eigenvalue weighted by Gasteiger charge is 2.17. The largest absolute Gasteiger partial charge is 0.497 e. The maximum atomic E-state index is 12.2. The molecule has 2 aromatic carbocycles. The van der Waals surface area contributed by atoms with Gasteiger partial charge >= 0.3 is 11.8 Å². The number of aromatic nitrogens is 2. The molecule has 0 radical (unpaired) electrons. The number of nitrogens with one attached hydrogen (secondary N) is 2. The predicted molar refractivity (Wildman–Crippen MR) is 117 cm³/mol. The summed E-state index contributed by atoms with van der Waals surface area (Å²) in [7, 11) is 4.61. The zero-order valence-corrected chi connectivity index (χ0v) is 18.4. The van der Waals surface area contributed by atoms with Crippen LogP contribution in [0.1, 0.15) is 10.7 Å². The Bertz CT molecular complexity index is 1080. The van der Waals surface area contributed by atoms with Crippen molar-refractivity contribution in [3.05, 3.63) is 48.4 Å². The first-order valence-electron chi connectivity index (χ1n) is 9.92. The summed E-state index contributed by atoms with van der Waals surface area (Å²) in [6.45, 7) is 0.215. The Kier molecular flexibility index (Phi) is 8.06. The summed E-state index contributed by atoms with van der Waals surface area (Å²) in [5, 5.41) is 9.06. The lowest BCUT2D eigenvalue weighted by Crippen LogP contribution is -2.36. The summed E-state index contributed by atoms with van der Waals surface area (Å²) >= 11 is 0. The third-order valence-corrected chi connectivity index (χ3v) is 4.42. The molecule has 0 bridgehead atoms. The standard InChI is InChI=1S/C22H24N4O7/c1-29-15-5-7-16(8-6-15)32-13-19(27)23-10-11-24-21(28)22-25-20(26-33-22)14-4-9-17(30-2)18(12-14)31-3/h4-9,12H,10-11,13H2,1-3H3,(H,23,27)(H,24,28). The van der Waals surface area contributed by atoms with Crippen molar-refractivity contribution in [3.63, 3.8) is 0 Å². The lowest BCUT2D eigenvalue weighted by atomic mass is 10.2. The molecule has 174 valence electrons. The number of benzene rings is 2. The lowest BCUT2D eigenvalue weighted by molar-refractivity contribution is -0.123. The first-order valence-corrected chi connectivity index (χ1v) is 9.92. The van der Waals surface area contributed by atoms with Crippen molar-refractivity contribution >= 4 is 11.8 Å². The van der Waals surface area contributed by atoms with E-state index in [1.54, 1.807) is 49.6 Å². The average molecular weight is 456 g/mol. The van der Waals surface area contributed by atoms with E-state index in [-0.39, 0.29) is 37.3 Å². The average Bonchev–Trinajstić information content (AvgIpc) is 3.35. The van der Waals surface area contributed by atoms with Crippen molar-refractivity contribution in [3.8, 4) is 34.4 Å². The molecule has 0 aliphatic carbocycles. The van der Waals surface area contributed by atoms with Crippen molar-refractivity contribution in [1.29, 1.82) is 0 Å². The molecule has 0 saturated heterocycles. The van der Waals surface area contributed by atoms with E-state index in [0.29, 0.717) is 28.6 Å². The Morgan fingerprint density at radius 2 is 1.58 bits per heavy atom. The topological polar surface area (TPSA) is 134 Å². The Morgan fingerprint density at radius 1 is 0.879 bits per heavy atom. The van der Waals surface area contributed by atoms with Gasteiger partial charge in [-0.3, -0.25) is 9.59 Å². The summed E-state index contributed by atoms with van der Waals surface area (Å²) in [5.74, 6) is 1.43. The van der Waals surface area contributed by atoms with Gasteiger partial charge in [0, 0.05) is 18.7 Å². The number of rotatable bonds is 11. The number of nitrogens with zero attached hydrogens (tertiary/aromatic N) is 2. The van der Waals surface area contributed by atoms with Crippen LogP contribution in [0.15, 0.2) is 47.0 Å². The van der Waals surface area contributed by atoms with Crippen LogP contribution in [0.25, 0.3) is 11.4 Å². The number of hydrogen-bond donors (Lipinski definition) is 2. The van der Waals surface area contributed by atoms with E-state index in [9.17, 15) is 9.59 Å². The van der Waals surface area contributed by atoms with Gasteiger partial charge in [-0.15, -0.1) is 0 Å². The van der Waals surface area contributed by atoms with Gasteiger partial charge in [0.2, 0.25) is 5.82 Å². The third-order valence-electron chi connectivity index (χ3n) is 4.42. The summed E-state index contributed by atoms with van der Waals surface area (Å²) in [6.07, 6.45) is 0. The van der Waals surface area contributed by atoms with Crippen LogP contribution in [0.5, 0.6) is 23.0 Å². The molecular formula is C22H24N4O7. The van der Waals surface area contributed by atoms with Crippen LogP contribution < -0.4 is 29.6 Å². The van der Waals surface area contributed by atoms with Gasteiger partial charge in [-0.2, -0.15) is 4.98 Å². The van der Waals surface area contributed by atoms with Gasteiger partial charge < -0.3 is 34.1 Å². The molecule has 3 rings (SSSR count). The Labute approximate surface area is 190 Å². The molecule has 0 atom stereocenters. The molecule has 2 amide bonds. The van der Waals surface area contributed by atoms with E-state index in [2.05, 4.69) is 20.8 Å². The molecule has 0 spiro atoms. The molecule has 11 heteroatoms. The van der Waals surface area contributed by atoms with Crippen LogP contribution >= 0.6 is 0 Å². The fraction of sp³-hybridized carbons (Fsp3) is 0.273. The minimum atomic E-state index is -0.557. The number of amides is 2. The fourth-order valence-electron chi connectivity index (χ4n) is 2.73. The van der Waals surface area contributed by atoms with Gasteiger partial charge in [-0.1, -0.05) is 5.16 Å². The quantitative estimate of drug-likeness (QED) is 0.413. The number of hydrogen-bond acceptors (Lipinski definition) is 9. The molecule has 2 N–H and O–H groups in total. The van der Waals surface area contributed by atoms with Crippen molar-refractivity contribution < 1.29 is 33.1 Å². The molecule has 0 fully saturated rings. The second-order valence-corrected chi connectivity index (χ2v) is 6.56. The normalized spacial score (nSPS) is 10.3. The Balaban J connectivity index is 1.42. The maximum Gasteiger partial charge on any atom is 0.316 e. The summed E-state index contributed by atoms with van der Waals surface area (Å²) in [6, 6.07) is 12.0. The molecule has 0 aliphatic heterocycles. The van der Waals surface area contributed by atoms with Crippen molar-refractivity contribution in [1.82, 2.24) is 20.8 Å². The third kappa shape index (κ3) is 6.35. The van der Waals surface area contributed by atoms with Crippen LogP contribution in [0.2, 0.25) is 0 Å². The van der Waals surface area contributed by atoms with E-state index < -0.39 is 5.91 Å². The predicted octanol–water partition coefficient (Wildman–Crippen LogP) is 1.69. The molecule has 11 nitrogen and oxygen atoms in total. The Hall–Kier alpha value is -4.28. The highest BCUT2D eigenvalue weighted by molar-refractivity contribution is 5.90. The van der Waals surface area contributed by atoms with E-state index in [1.165, 1.54) is 14.2 Å². The zero-order chi connectivity index (χ0) is 23.6. The fourth-order valence-corrected chi connectivity index (χ4v) is 2.73. The minimum Gasteiger partial charge on any atom is -0.497 e. The van der Waals surface area contributed by atoms with Gasteiger partial charge in [0.15, 0.2) is 18.1 Å². The molecule has 1 heterocycles. The van der Waals surface area contributed by atoms with Crippen LogP contribution in [-0.4, -0.2) is 63.0 Å². The van der Waals surface area contributed by atoms with E-state index in [0.717, 1.165) is 0 Å². The SMILES string of the molecule is COc1ccc(OCC(=O)NCCNC(=O)c2nc(-c3ccc(OC)c(OC)c3)no2)cc1. The van der Waals surface area contributed by atoms with E-state index in [4.69, 9.17) is 23.5 Å². The molecule has 1 aromatic heterocycles. The highest BCUT2D eigenvalue weighted by Crippen LogP contribution is 2.31. The molecule has 0 aliphatic rings. The second kappa shape index (κ2) is 11.4. The maximum absolute atomic E-state index is 12.2. The summed E-state index contributed by atoms with van der Waals surface area (Å²) in [5.41, 5.74) is 0.597. The van der Waals surface area contributed by atoms with Gasteiger partial charge in [0.25, 0.3) is 5.91 Å². The van der Waals surface area contributed by atoms with Crippen LogP contribution in [0.4, 0.5) is 0 Å². The minimum absolute atomic E-state index is 0.154.